The predicted octanol–water partition coefficient (Wildman–Crippen LogP) is 0.893. The molecule has 4 nitrogen and oxygen atoms in total. The lowest BCUT2D eigenvalue weighted by Gasteiger charge is -2.18. The average molecular weight is 234 g/mol. The van der Waals surface area contributed by atoms with Crippen molar-refractivity contribution in [3.05, 3.63) is 35.4 Å². The molecular weight excluding hydrogens is 216 g/mol. The maximum absolute atomic E-state index is 11.4. The van der Waals surface area contributed by atoms with Crippen LogP contribution in [0, 0.1) is 0 Å². The summed E-state index contributed by atoms with van der Waals surface area (Å²) in [5, 5.41) is 0. The molecule has 1 aliphatic rings. The number of esters is 1. The number of hydrogen-bond acceptors (Lipinski definition) is 4. The fraction of sp³-hybridized carbons (Fsp3) is 0.462. The number of rotatable bonds is 4. The van der Waals surface area contributed by atoms with Gasteiger partial charge in [-0.2, -0.15) is 0 Å². The van der Waals surface area contributed by atoms with Crippen molar-refractivity contribution in [1.29, 1.82) is 0 Å². The number of nitrogens with zero attached hydrogens (tertiary/aromatic N) is 1. The lowest BCUT2D eigenvalue weighted by Crippen LogP contribution is -2.41. The van der Waals surface area contributed by atoms with E-state index in [0.717, 1.165) is 13.1 Å². The van der Waals surface area contributed by atoms with Gasteiger partial charge >= 0.3 is 5.97 Å². The number of hydrogen-bond donors (Lipinski definition) is 1. The van der Waals surface area contributed by atoms with Crippen LogP contribution in [0.15, 0.2) is 24.3 Å². The predicted molar refractivity (Wildman–Crippen MR) is 65.2 cm³/mol. The van der Waals surface area contributed by atoms with Gasteiger partial charge in [0, 0.05) is 19.6 Å². The standard InChI is InChI=1S/C13H18N2O2/c1-2-17-13(16)12(14)9-15-7-10-5-3-4-6-11(10)8-15/h3-6,12H,2,7-9,14H2,1H3. The summed E-state index contributed by atoms with van der Waals surface area (Å²) >= 11 is 0. The molecule has 0 fully saturated rings. The zero-order valence-corrected chi connectivity index (χ0v) is 10.1. The Hall–Kier alpha value is -1.39. The highest BCUT2D eigenvalue weighted by Gasteiger charge is 2.23. The first-order valence-electron chi connectivity index (χ1n) is 5.92. The van der Waals surface area contributed by atoms with Gasteiger partial charge in [0.15, 0.2) is 0 Å². The third-order valence-electron chi connectivity index (χ3n) is 2.95. The molecule has 0 saturated heterocycles. The molecule has 0 spiro atoms. The fourth-order valence-corrected chi connectivity index (χ4v) is 2.13. The van der Waals surface area contributed by atoms with Gasteiger partial charge in [0.05, 0.1) is 6.61 Å². The van der Waals surface area contributed by atoms with Crippen molar-refractivity contribution in [3.8, 4) is 0 Å². The average Bonchev–Trinajstić information content (AvgIpc) is 2.71. The molecule has 2 rings (SSSR count). The monoisotopic (exact) mass is 234 g/mol. The maximum Gasteiger partial charge on any atom is 0.324 e. The molecule has 1 aliphatic heterocycles. The van der Waals surface area contributed by atoms with E-state index in [1.165, 1.54) is 11.1 Å². The van der Waals surface area contributed by atoms with Crippen LogP contribution in [0.5, 0.6) is 0 Å². The van der Waals surface area contributed by atoms with Gasteiger partial charge in [0.25, 0.3) is 0 Å². The van der Waals surface area contributed by atoms with E-state index in [4.69, 9.17) is 10.5 Å². The SMILES string of the molecule is CCOC(=O)C(N)CN1Cc2ccccc2C1. The van der Waals surface area contributed by atoms with Crippen molar-refractivity contribution in [2.75, 3.05) is 13.2 Å². The fourth-order valence-electron chi connectivity index (χ4n) is 2.13. The largest absolute Gasteiger partial charge is 0.465 e. The molecule has 0 saturated carbocycles. The van der Waals surface area contributed by atoms with Crippen LogP contribution in [0.25, 0.3) is 0 Å². The number of ether oxygens (including phenoxy) is 1. The Balaban J connectivity index is 1.89. The molecular formula is C13H18N2O2. The van der Waals surface area contributed by atoms with E-state index in [2.05, 4.69) is 17.0 Å². The first kappa shape index (κ1) is 12.1. The molecule has 1 heterocycles. The Kier molecular flexibility index (Phi) is 3.76. The van der Waals surface area contributed by atoms with Crippen molar-refractivity contribution in [1.82, 2.24) is 4.90 Å². The number of carbonyl (C=O) groups excluding carboxylic acids is 1. The van der Waals surface area contributed by atoms with E-state index >= 15 is 0 Å². The van der Waals surface area contributed by atoms with Crippen molar-refractivity contribution in [2.45, 2.75) is 26.1 Å². The van der Waals surface area contributed by atoms with Crippen LogP contribution in [0.4, 0.5) is 0 Å². The summed E-state index contributed by atoms with van der Waals surface area (Å²) in [6.45, 7) is 4.45. The van der Waals surface area contributed by atoms with Crippen LogP contribution in [0.1, 0.15) is 18.1 Å². The van der Waals surface area contributed by atoms with Gasteiger partial charge < -0.3 is 10.5 Å². The van der Waals surface area contributed by atoms with E-state index in [-0.39, 0.29) is 5.97 Å². The molecule has 0 bridgehead atoms. The summed E-state index contributed by atoms with van der Waals surface area (Å²) in [7, 11) is 0. The second kappa shape index (κ2) is 5.29. The van der Waals surface area contributed by atoms with E-state index < -0.39 is 6.04 Å². The lowest BCUT2D eigenvalue weighted by molar-refractivity contribution is -0.145. The van der Waals surface area contributed by atoms with Gasteiger partial charge in [-0.15, -0.1) is 0 Å². The molecule has 0 aliphatic carbocycles. The van der Waals surface area contributed by atoms with E-state index in [1.54, 1.807) is 6.92 Å². The lowest BCUT2D eigenvalue weighted by atomic mass is 10.1. The van der Waals surface area contributed by atoms with E-state index in [0.29, 0.717) is 13.2 Å². The number of benzene rings is 1. The third-order valence-corrected chi connectivity index (χ3v) is 2.95. The quantitative estimate of drug-likeness (QED) is 0.786. The third kappa shape index (κ3) is 2.84. The summed E-state index contributed by atoms with van der Waals surface area (Å²) in [5.41, 5.74) is 8.45. The highest BCUT2D eigenvalue weighted by molar-refractivity contribution is 5.75. The molecule has 0 radical (unpaired) electrons. The minimum Gasteiger partial charge on any atom is -0.465 e. The Morgan fingerprint density at radius 2 is 2.00 bits per heavy atom. The first-order valence-corrected chi connectivity index (χ1v) is 5.92. The van der Waals surface area contributed by atoms with E-state index in [1.807, 2.05) is 12.1 Å². The topological polar surface area (TPSA) is 55.6 Å². The normalized spacial score (nSPS) is 16.6. The molecule has 0 amide bonds. The summed E-state index contributed by atoms with van der Waals surface area (Å²) in [4.78, 5) is 13.6. The van der Waals surface area contributed by atoms with Crippen LogP contribution in [0.3, 0.4) is 0 Å². The second-order valence-corrected chi connectivity index (χ2v) is 4.30. The summed E-state index contributed by atoms with van der Waals surface area (Å²) in [6.07, 6.45) is 0. The van der Waals surface area contributed by atoms with Crippen molar-refractivity contribution in [3.63, 3.8) is 0 Å². The Labute approximate surface area is 101 Å². The molecule has 17 heavy (non-hydrogen) atoms. The summed E-state index contributed by atoms with van der Waals surface area (Å²) < 4.78 is 4.90. The first-order chi connectivity index (χ1) is 8.20. The molecule has 2 N–H and O–H groups in total. The molecule has 1 aromatic rings. The minimum atomic E-state index is -0.552. The van der Waals surface area contributed by atoms with Gasteiger partial charge in [-0.3, -0.25) is 9.69 Å². The number of fused-ring (bicyclic) bond motifs is 1. The zero-order chi connectivity index (χ0) is 12.3. The molecule has 4 heteroatoms. The minimum absolute atomic E-state index is 0.316. The van der Waals surface area contributed by atoms with Crippen molar-refractivity contribution < 1.29 is 9.53 Å². The highest BCUT2D eigenvalue weighted by atomic mass is 16.5. The summed E-state index contributed by atoms with van der Waals surface area (Å²) in [5.74, 6) is -0.316. The van der Waals surface area contributed by atoms with Crippen LogP contribution in [-0.4, -0.2) is 30.1 Å². The molecule has 1 unspecified atom stereocenters. The van der Waals surface area contributed by atoms with Gasteiger partial charge in [-0.25, -0.2) is 0 Å². The van der Waals surface area contributed by atoms with Crippen LogP contribution in [0.2, 0.25) is 0 Å². The van der Waals surface area contributed by atoms with Crippen LogP contribution >= 0.6 is 0 Å². The second-order valence-electron chi connectivity index (χ2n) is 4.30. The Morgan fingerprint density at radius 3 is 2.53 bits per heavy atom. The summed E-state index contributed by atoms with van der Waals surface area (Å²) in [6, 6.07) is 7.75. The maximum atomic E-state index is 11.4. The molecule has 0 aromatic heterocycles. The van der Waals surface area contributed by atoms with Gasteiger partial charge in [-0.05, 0) is 18.1 Å². The zero-order valence-electron chi connectivity index (χ0n) is 10.1. The van der Waals surface area contributed by atoms with Crippen molar-refractivity contribution in [2.24, 2.45) is 5.73 Å². The van der Waals surface area contributed by atoms with Crippen LogP contribution in [-0.2, 0) is 22.6 Å². The van der Waals surface area contributed by atoms with Gasteiger partial charge in [0.2, 0.25) is 0 Å². The molecule has 1 atom stereocenters. The van der Waals surface area contributed by atoms with E-state index in [9.17, 15) is 4.79 Å². The van der Waals surface area contributed by atoms with Crippen molar-refractivity contribution >= 4 is 5.97 Å². The molecule has 92 valence electrons. The van der Waals surface area contributed by atoms with Gasteiger partial charge in [0.1, 0.15) is 6.04 Å². The molecule has 1 aromatic carbocycles. The number of carbonyl (C=O) groups is 1. The van der Waals surface area contributed by atoms with Crippen LogP contribution < -0.4 is 5.73 Å². The Morgan fingerprint density at radius 1 is 1.41 bits per heavy atom. The highest BCUT2D eigenvalue weighted by Crippen LogP contribution is 2.21. The number of nitrogens with two attached hydrogens (primary N) is 1. The smallest absolute Gasteiger partial charge is 0.324 e. The Bertz CT molecular complexity index is 381. The van der Waals surface area contributed by atoms with Gasteiger partial charge in [-0.1, -0.05) is 24.3 Å².